The van der Waals surface area contributed by atoms with Crippen molar-refractivity contribution in [1.29, 1.82) is 0 Å². The van der Waals surface area contributed by atoms with Crippen LogP contribution in [0, 0.1) is 6.92 Å². The second-order valence-corrected chi connectivity index (χ2v) is 5.29. The van der Waals surface area contributed by atoms with E-state index < -0.39 is 0 Å². The molecular weight excluding hydrogens is 259 g/mol. The summed E-state index contributed by atoms with van der Waals surface area (Å²) < 4.78 is 0. The first kappa shape index (κ1) is 11.8. The van der Waals surface area contributed by atoms with Gasteiger partial charge in [0.1, 0.15) is 0 Å². The molecule has 0 N–H and O–H groups in total. The van der Waals surface area contributed by atoms with Crippen LogP contribution in [0.2, 0.25) is 5.02 Å². The summed E-state index contributed by atoms with van der Waals surface area (Å²) in [6.07, 6.45) is 2.14. The van der Waals surface area contributed by atoms with Gasteiger partial charge in [-0.2, -0.15) is 0 Å². The Kier molecular flexibility index (Phi) is 4.21. The average Bonchev–Trinajstić information content (AvgIpc) is 2.11. The van der Waals surface area contributed by atoms with Crippen LogP contribution in [0.3, 0.4) is 0 Å². The first-order valence-electron chi connectivity index (χ1n) is 4.59. The molecule has 0 radical (unpaired) electrons. The van der Waals surface area contributed by atoms with E-state index in [0.717, 1.165) is 16.1 Å². The zero-order valence-electron chi connectivity index (χ0n) is 8.64. The van der Waals surface area contributed by atoms with Crippen LogP contribution in [-0.4, -0.2) is 4.83 Å². The molecule has 1 aromatic carbocycles. The van der Waals surface area contributed by atoms with Gasteiger partial charge in [-0.3, -0.25) is 0 Å². The summed E-state index contributed by atoms with van der Waals surface area (Å²) in [5.41, 5.74) is 3.57. The predicted octanol–water partition coefficient (Wildman–Crippen LogP) is 4.84. The lowest BCUT2D eigenvalue weighted by atomic mass is 10.1. The monoisotopic (exact) mass is 272 g/mol. The molecule has 1 atom stereocenters. The van der Waals surface area contributed by atoms with Gasteiger partial charge in [0.05, 0.1) is 0 Å². The molecule has 1 aromatic rings. The molecule has 0 fully saturated rings. The number of aryl methyl sites for hydroxylation is 1. The van der Waals surface area contributed by atoms with Crippen molar-refractivity contribution >= 4 is 33.6 Å². The molecular formula is C12H14BrCl. The Balaban J connectivity index is 2.98. The molecule has 0 aromatic heterocycles. The lowest BCUT2D eigenvalue weighted by molar-refractivity contribution is 1.16. The summed E-state index contributed by atoms with van der Waals surface area (Å²) in [6, 6.07) is 6.12. The fourth-order valence-electron chi connectivity index (χ4n) is 1.08. The van der Waals surface area contributed by atoms with Gasteiger partial charge < -0.3 is 0 Å². The van der Waals surface area contributed by atoms with E-state index in [9.17, 15) is 0 Å². The number of halogens is 2. The third kappa shape index (κ3) is 3.14. The minimum Gasteiger partial charge on any atom is -0.0845 e. The van der Waals surface area contributed by atoms with E-state index in [-0.39, 0.29) is 0 Å². The van der Waals surface area contributed by atoms with Crippen molar-refractivity contribution in [3.8, 4) is 0 Å². The molecule has 0 aliphatic heterocycles. The fourth-order valence-corrected chi connectivity index (χ4v) is 1.40. The summed E-state index contributed by atoms with van der Waals surface area (Å²) in [5, 5.41) is 0.828. The second-order valence-electron chi connectivity index (χ2n) is 3.51. The van der Waals surface area contributed by atoms with Gasteiger partial charge in [0, 0.05) is 9.85 Å². The molecule has 0 saturated heterocycles. The van der Waals surface area contributed by atoms with E-state index in [1.165, 1.54) is 5.57 Å². The molecule has 2 heteroatoms. The van der Waals surface area contributed by atoms with Gasteiger partial charge in [0.15, 0.2) is 0 Å². The molecule has 76 valence electrons. The van der Waals surface area contributed by atoms with Gasteiger partial charge in [-0.15, -0.1) is 0 Å². The Morgan fingerprint density at radius 1 is 1.50 bits per heavy atom. The standard InChI is InChI=1S/C12H14BrCl/c1-8-4-5-11(7-12(8)14)6-9(2)10(3)13/h4-7,10H,1-3H3/b9-6+. The van der Waals surface area contributed by atoms with Crippen molar-refractivity contribution in [1.82, 2.24) is 0 Å². The lowest BCUT2D eigenvalue weighted by Crippen LogP contribution is -1.90. The van der Waals surface area contributed by atoms with Crippen molar-refractivity contribution in [2.75, 3.05) is 0 Å². The summed E-state index contributed by atoms with van der Waals surface area (Å²) in [7, 11) is 0. The Bertz CT molecular complexity index is 353. The molecule has 0 aliphatic carbocycles. The largest absolute Gasteiger partial charge is 0.0845 e. The maximum Gasteiger partial charge on any atom is 0.0441 e. The maximum absolute atomic E-state index is 6.04. The molecule has 14 heavy (non-hydrogen) atoms. The third-order valence-electron chi connectivity index (χ3n) is 2.22. The number of benzene rings is 1. The highest BCUT2D eigenvalue weighted by molar-refractivity contribution is 9.09. The van der Waals surface area contributed by atoms with Gasteiger partial charge in [-0.25, -0.2) is 0 Å². The summed E-state index contributed by atoms with van der Waals surface area (Å²) in [5.74, 6) is 0. The van der Waals surface area contributed by atoms with Crippen LogP contribution in [0.1, 0.15) is 25.0 Å². The predicted molar refractivity (Wildman–Crippen MR) is 68.2 cm³/mol. The molecule has 1 unspecified atom stereocenters. The Morgan fingerprint density at radius 3 is 2.64 bits per heavy atom. The van der Waals surface area contributed by atoms with Crippen molar-refractivity contribution in [2.24, 2.45) is 0 Å². The van der Waals surface area contributed by atoms with Gasteiger partial charge in [-0.05, 0) is 38.0 Å². The summed E-state index contributed by atoms with van der Waals surface area (Å²) in [6.45, 7) is 6.23. The Hall–Kier alpha value is -0.270. The molecule has 0 saturated carbocycles. The van der Waals surface area contributed by atoms with Gasteiger partial charge in [0.2, 0.25) is 0 Å². The van der Waals surface area contributed by atoms with E-state index >= 15 is 0 Å². The van der Waals surface area contributed by atoms with E-state index in [4.69, 9.17) is 11.6 Å². The lowest BCUT2D eigenvalue weighted by Gasteiger charge is -2.04. The SMILES string of the molecule is C/C(=C\c1ccc(C)c(Cl)c1)C(C)Br. The zero-order valence-corrected chi connectivity index (χ0v) is 11.0. The number of hydrogen-bond donors (Lipinski definition) is 0. The Labute approximate surface area is 99.1 Å². The highest BCUT2D eigenvalue weighted by atomic mass is 79.9. The van der Waals surface area contributed by atoms with E-state index in [1.54, 1.807) is 0 Å². The van der Waals surface area contributed by atoms with Crippen LogP contribution in [-0.2, 0) is 0 Å². The molecule has 0 heterocycles. The molecule has 0 bridgehead atoms. The smallest absolute Gasteiger partial charge is 0.0441 e. The quantitative estimate of drug-likeness (QED) is 0.677. The highest BCUT2D eigenvalue weighted by Gasteiger charge is 2.00. The van der Waals surface area contributed by atoms with Gasteiger partial charge >= 0.3 is 0 Å². The summed E-state index contributed by atoms with van der Waals surface area (Å²) in [4.78, 5) is 0.405. The van der Waals surface area contributed by atoms with Crippen molar-refractivity contribution in [3.05, 3.63) is 39.9 Å². The van der Waals surface area contributed by atoms with Crippen LogP contribution < -0.4 is 0 Å². The first-order valence-corrected chi connectivity index (χ1v) is 5.88. The maximum atomic E-state index is 6.04. The van der Waals surface area contributed by atoms with Crippen LogP contribution in [0.5, 0.6) is 0 Å². The molecule has 0 amide bonds. The van der Waals surface area contributed by atoms with Gasteiger partial charge in [0.25, 0.3) is 0 Å². The molecule has 0 aliphatic rings. The number of hydrogen-bond acceptors (Lipinski definition) is 0. The topological polar surface area (TPSA) is 0 Å². The highest BCUT2D eigenvalue weighted by Crippen LogP contribution is 2.20. The Morgan fingerprint density at radius 2 is 2.14 bits per heavy atom. The fraction of sp³-hybridized carbons (Fsp3) is 0.333. The molecule has 0 nitrogen and oxygen atoms in total. The van der Waals surface area contributed by atoms with Crippen LogP contribution >= 0.6 is 27.5 Å². The van der Waals surface area contributed by atoms with Gasteiger partial charge in [-0.1, -0.05) is 51.3 Å². The minimum atomic E-state index is 0.405. The van der Waals surface area contributed by atoms with E-state index in [2.05, 4.69) is 41.9 Å². The van der Waals surface area contributed by atoms with Crippen LogP contribution in [0.4, 0.5) is 0 Å². The summed E-state index contributed by atoms with van der Waals surface area (Å²) >= 11 is 9.56. The van der Waals surface area contributed by atoms with Crippen LogP contribution in [0.25, 0.3) is 6.08 Å². The molecule has 0 spiro atoms. The molecule has 1 rings (SSSR count). The van der Waals surface area contributed by atoms with Crippen LogP contribution in [0.15, 0.2) is 23.8 Å². The first-order chi connectivity index (χ1) is 6.50. The average molecular weight is 274 g/mol. The minimum absolute atomic E-state index is 0.405. The van der Waals surface area contributed by atoms with E-state index in [1.807, 2.05) is 19.1 Å². The zero-order chi connectivity index (χ0) is 10.7. The number of rotatable bonds is 2. The van der Waals surface area contributed by atoms with E-state index in [0.29, 0.717) is 4.83 Å². The van der Waals surface area contributed by atoms with Crippen molar-refractivity contribution in [3.63, 3.8) is 0 Å². The van der Waals surface area contributed by atoms with Crippen molar-refractivity contribution in [2.45, 2.75) is 25.6 Å². The normalized spacial score (nSPS) is 14.2. The second kappa shape index (κ2) is 4.99. The van der Waals surface area contributed by atoms with Crippen molar-refractivity contribution < 1.29 is 0 Å². The number of alkyl halides is 1. The third-order valence-corrected chi connectivity index (χ3v) is 3.35. The number of allylic oxidation sites excluding steroid dienone is 1.